The summed E-state index contributed by atoms with van der Waals surface area (Å²) in [7, 11) is 3.10. The molecule has 176 valence electrons. The van der Waals surface area contributed by atoms with Gasteiger partial charge in [-0.1, -0.05) is 0 Å². The van der Waals surface area contributed by atoms with E-state index >= 15 is 0 Å². The van der Waals surface area contributed by atoms with Crippen LogP contribution >= 0.6 is 11.3 Å². The molecule has 2 fully saturated rings. The van der Waals surface area contributed by atoms with Gasteiger partial charge in [0.1, 0.15) is 0 Å². The number of hydrogen-bond acceptors (Lipinski definition) is 7. The van der Waals surface area contributed by atoms with Crippen molar-refractivity contribution in [1.29, 1.82) is 0 Å². The summed E-state index contributed by atoms with van der Waals surface area (Å²) >= 11 is 1.41. The second kappa shape index (κ2) is 9.78. The number of anilines is 2. The molecule has 1 atom stereocenters. The lowest BCUT2D eigenvalue weighted by molar-refractivity contribution is -0.138. The van der Waals surface area contributed by atoms with E-state index in [0.29, 0.717) is 54.8 Å². The van der Waals surface area contributed by atoms with Crippen molar-refractivity contribution in [2.75, 3.05) is 44.1 Å². The predicted octanol–water partition coefficient (Wildman–Crippen LogP) is 2.70. The molecule has 10 heteroatoms. The van der Waals surface area contributed by atoms with E-state index in [2.05, 4.69) is 10.3 Å². The number of methoxy groups -OCH3 is 2. The zero-order valence-electron chi connectivity index (χ0n) is 19.0. The molecule has 0 radical (unpaired) electrons. The number of benzene rings is 1. The summed E-state index contributed by atoms with van der Waals surface area (Å²) in [6, 6.07) is 5.29. The van der Waals surface area contributed by atoms with Gasteiger partial charge in [0.25, 0.3) is 0 Å². The fourth-order valence-electron chi connectivity index (χ4n) is 4.35. The molecule has 0 aliphatic carbocycles. The van der Waals surface area contributed by atoms with Gasteiger partial charge in [-0.15, -0.1) is 11.3 Å². The minimum absolute atomic E-state index is 0.0271. The zero-order chi connectivity index (χ0) is 23.5. The molecule has 0 bridgehead atoms. The normalized spacial score (nSPS) is 19.0. The number of rotatable bonds is 6. The van der Waals surface area contributed by atoms with Gasteiger partial charge in [-0.3, -0.25) is 14.4 Å². The number of carbonyl (C=O) groups is 3. The Kier molecular flexibility index (Phi) is 6.83. The van der Waals surface area contributed by atoms with Crippen LogP contribution in [0.3, 0.4) is 0 Å². The summed E-state index contributed by atoms with van der Waals surface area (Å²) < 4.78 is 10.6. The van der Waals surface area contributed by atoms with E-state index in [9.17, 15) is 14.4 Å². The summed E-state index contributed by atoms with van der Waals surface area (Å²) in [5.41, 5.74) is 1.56. The number of aryl methyl sites for hydroxylation is 1. The topological polar surface area (TPSA) is 101 Å². The van der Waals surface area contributed by atoms with Crippen molar-refractivity contribution in [3.05, 3.63) is 29.3 Å². The van der Waals surface area contributed by atoms with Crippen molar-refractivity contribution < 1.29 is 23.9 Å². The first kappa shape index (κ1) is 23.0. The molecule has 0 saturated carbocycles. The molecule has 2 aliphatic heterocycles. The minimum atomic E-state index is -0.394. The second-order valence-corrected chi connectivity index (χ2v) is 9.19. The molecule has 3 heterocycles. The van der Waals surface area contributed by atoms with Gasteiger partial charge in [0, 0.05) is 49.1 Å². The first-order chi connectivity index (χ1) is 15.9. The van der Waals surface area contributed by atoms with Crippen LogP contribution in [-0.4, -0.2) is 61.5 Å². The highest BCUT2D eigenvalue weighted by Gasteiger charge is 2.39. The Morgan fingerprint density at radius 3 is 2.48 bits per heavy atom. The van der Waals surface area contributed by atoms with Crippen LogP contribution in [0.4, 0.5) is 10.8 Å². The summed E-state index contributed by atoms with van der Waals surface area (Å²) in [5, 5.41) is 5.37. The number of carbonyl (C=O) groups excluding carboxylic acids is 3. The maximum Gasteiger partial charge on any atom is 0.229 e. The average Bonchev–Trinajstić information content (AvgIpc) is 3.43. The van der Waals surface area contributed by atoms with Gasteiger partial charge >= 0.3 is 0 Å². The molecule has 3 amide bonds. The number of thiazole rings is 1. The summed E-state index contributed by atoms with van der Waals surface area (Å²) in [6.07, 6.45) is 1.38. The molecule has 1 aromatic carbocycles. The van der Waals surface area contributed by atoms with Crippen molar-refractivity contribution in [2.24, 2.45) is 11.8 Å². The Morgan fingerprint density at radius 1 is 1.12 bits per heavy atom. The summed E-state index contributed by atoms with van der Waals surface area (Å²) in [6.45, 7) is 3.23. The highest BCUT2D eigenvalue weighted by atomic mass is 32.1. The number of nitrogens with zero attached hydrogens (tertiary/aromatic N) is 3. The third-order valence-corrected chi connectivity index (χ3v) is 7.06. The number of piperidine rings is 1. The Labute approximate surface area is 196 Å². The molecule has 1 aromatic heterocycles. The van der Waals surface area contributed by atoms with E-state index in [1.165, 1.54) is 11.3 Å². The highest BCUT2D eigenvalue weighted by Crippen LogP contribution is 2.34. The molecular weight excluding hydrogens is 444 g/mol. The van der Waals surface area contributed by atoms with Crippen LogP contribution in [0, 0.1) is 18.8 Å². The SMILES string of the molecule is COc1ccc(N2CC(C(=O)N3CCC(C(=O)Nc4nc(C)cs4)CC3)CC2=O)cc1OC. The maximum absolute atomic E-state index is 13.1. The third-order valence-electron chi connectivity index (χ3n) is 6.18. The minimum Gasteiger partial charge on any atom is -0.493 e. The molecule has 4 rings (SSSR count). The lowest BCUT2D eigenvalue weighted by atomic mass is 9.94. The van der Waals surface area contributed by atoms with E-state index in [4.69, 9.17) is 9.47 Å². The van der Waals surface area contributed by atoms with Crippen LogP contribution in [0.15, 0.2) is 23.6 Å². The lowest BCUT2D eigenvalue weighted by Crippen LogP contribution is -2.44. The van der Waals surface area contributed by atoms with E-state index in [1.54, 1.807) is 42.2 Å². The summed E-state index contributed by atoms with van der Waals surface area (Å²) in [5.74, 6) is 0.408. The van der Waals surface area contributed by atoms with Crippen molar-refractivity contribution in [2.45, 2.75) is 26.2 Å². The van der Waals surface area contributed by atoms with Gasteiger partial charge in [-0.2, -0.15) is 0 Å². The van der Waals surface area contributed by atoms with Gasteiger partial charge in [-0.05, 0) is 31.9 Å². The third kappa shape index (κ3) is 4.95. The van der Waals surface area contributed by atoms with Crippen LogP contribution in [-0.2, 0) is 14.4 Å². The van der Waals surface area contributed by atoms with Crippen molar-refractivity contribution in [1.82, 2.24) is 9.88 Å². The zero-order valence-corrected chi connectivity index (χ0v) is 19.8. The molecule has 1 N–H and O–H groups in total. The number of hydrogen-bond donors (Lipinski definition) is 1. The van der Waals surface area contributed by atoms with E-state index in [-0.39, 0.29) is 30.1 Å². The Morgan fingerprint density at radius 2 is 1.85 bits per heavy atom. The van der Waals surface area contributed by atoms with Crippen LogP contribution in [0.2, 0.25) is 0 Å². The second-order valence-electron chi connectivity index (χ2n) is 8.33. The Bertz CT molecular complexity index is 1050. The molecule has 2 aliphatic rings. The molecule has 2 saturated heterocycles. The largest absolute Gasteiger partial charge is 0.493 e. The Hall–Kier alpha value is -3.14. The van der Waals surface area contributed by atoms with E-state index in [0.717, 1.165) is 5.69 Å². The highest BCUT2D eigenvalue weighted by molar-refractivity contribution is 7.13. The van der Waals surface area contributed by atoms with Gasteiger partial charge < -0.3 is 24.6 Å². The molecule has 0 spiro atoms. The first-order valence-electron chi connectivity index (χ1n) is 10.9. The number of aromatic nitrogens is 1. The van der Waals surface area contributed by atoms with Gasteiger partial charge in [0.05, 0.1) is 25.8 Å². The van der Waals surface area contributed by atoms with Gasteiger partial charge in [0.2, 0.25) is 17.7 Å². The average molecular weight is 473 g/mol. The molecule has 2 aromatic rings. The molecule has 1 unspecified atom stereocenters. The van der Waals surface area contributed by atoms with Crippen molar-refractivity contribution >= 4 is 39.9 Å². The molecule has 33 heavy (non-hydrogen) atoms. The van der Waals surface area contributed by atoms with Crippen molar-refractivity contribution in [3.8, 4) is 11.5 Å². The smallest absolute Gasteiger partial charge is 0.229 e. The van der Waals surface area contributed by atoms with Crippen LogP contribution in [0.5, 0.6) is 11.5 Å². The lowest BCUT2D eigenvalue weighted by Gasteiger charge is -2.32. The monoisotopic (exact) mass is 472 g/mol. The van der Waals surface area contributed by atoms with Crippen LogP contribution in [0.25, 0.3) is 0 Å². The number of likely N-dealkylation sites (tertiary alicyclic amines) is 1. The first-order valence-corrected chi connectivity index (χ1v) is 11.8. The fourth-order valence-corrected chi connectivity index (χ4v) is 5.05. The molecule has 9 nitrogen and oxygen atoms in total. The maximum atomic E-state index is 13.1. The van der Waals surface area contributed by atoms with E-state index in [1.807, 2.05) is 12.3 Å². The predicted molar refractivity (Wildman–Crippen MR) is 125 cm³/mol. The number of ether oxygens (including phenoxy) is 2. The van der Waals surface area contributed by atoms with Gasteiger partial charge in [-0.25, -0.2) is 4.98 Å². The fraction of sp³-hybridized carbons (Fsp3) is 0.478. The quantitative estimate of drug-likeness (QED) is 0.694. The van der Waals surface area contributed by atoms with Crippen LogP contribution in [0.1, 0.15) is 25.0 Å². The van der Waals surface area contributed by atoms with Crippen LogP contribution < -0.4 is 19.7 Å². The standard InChI is InChI=1S/C23H28N4O5S/c1-14-13-33-23(24-14)25-21(29)15-6-8-26(9-7-15)22(30)16-10-20(28)27(12-16)17-4-5-18(31-2)19(11-17)32-3/h4-5,11,13,15-16H,6-10,12H2,1-3H3,(H,24,25,29). The molecular formula is C23H28N4O5S. The Balaban J connectivity index is 1.33. The van der Waals surface area contributed by atoms with Gasteiger partial charge in [0.15, 0.2) is 16.6 Å². The number of nitrogens with one attached hydrogen (secondary N) is 1. The summed E-state index contributed by atoms with van der Waals surface area (Å²) in [4.78, 5) is 46.0. The number of amides is 3. The van der Waals surface area contributed by atoms with E-state index < -0.39 is 5.92 Å². The van der Waals surface area contributed by atoms with Crippen molar-refractivity contribution in [3.63, 3.8) is 0 Å².